The summed E-state index contributed by atoms with van der Waals surface area (Å²) in [6, 6.07) is 0.242. The molecule has 1 amide bonds. The summed E-state index contributed by atoms with van der Waals surface area (Å²) < 4.78 is 0. The topological polar surface area (TPSA) is 70.2 Å². The van der Waals surface area contributed by atoms with Crippen LogP contribution in [0.25, 0.3) is 6.08 Å². The Morgan fingerprint density at radius 1 is 1.20 bits per heavy atom. The quantitative estimate of drug-likeness (QED) is 0.866. The molecule has 1 atom stereocenters. The Kier molecular flexibility index (Phi) is 3.47. The van der Waals surface area contributed by atoms with Gasteiger partial charge in [-0.1, -0.05) is 37.8 Å². The molecule has 2 aliphatic heterocycles. The molecule has 2 N–H and O–H groups in total. The first-order chi connectivity index (χ1) is 12.3. The van der Waals surface area contributed by atoms with Gasteiger partial charge in [-0.3, -0.25) is 4.79 Å². The predicted octanol–water partition coefficient (Wildman–Crippen LogP) is 2.48. The van der Waals surface area contributed by atoms with Crippen molar-refractivity contribution < 1.29 is 4.79 Å². The van der Waals surface area contributed by atoms with Crippen molar-refractivity contribution in [1.82, 2.24) is 15.3 Å². The number of carbonyl (C=O) groups excluding carboxylic acids is 1. The first-order valence-electron chi connectivity index (χ1n) is 9.64. The number of anilines is 2. The molecule has 0 radical (unpaired) electrons. The minimum atomic E-state index is -0.242. The molecule has 25 heavy (non-hydrogen) atoms. The molecule has 0 bridgehead atoms. The molecule has 1 unspecified atom stereocenters. The second kappa shape index (κ2) is 5.71. The highest BCUT2D eigenvalue weighted by Crippen LogP contribution is 2.43. The zero-order chi connectivity index (χ0) is 16.9. The Hall–Kier alpha value is -2.11. The fraction of sp³-hybridized carbons (Fsp3) is 0.632. The number of aromatic nitrogens is 2. The van der Waals surface area contributed by atoms with Crippen LogP contribution < -0.4 is 15.5 Å². The van der Waals surface area contributed by atoms with Gasteiger partial charge in [0.1, 0.15) is 11.9 Å². The molecule has 2 saturated carbocycles. The highest BCUT2D eigenvalue weighted by molar-refractivity contribution is 5.93. The van der Waals surface area contributed by atoms with E-state index < -0.39 is 0 Å². The van der Waals surface area contributed by atoms with E-state index >= 15 is 0 Å². The third-order valence-electron chi connectivity index (χ3n) is 6.35. The van der Waals surface area contributed by atoms with E-state index in [1.54, 1.807) is 0 Å². The maximum atomic E-state index is 12.5. The molecular weight excluding hydrogens is 314 g/mol. The first-order valence-corrected chi connectivity index (χ1v) is 9.64. The largest absolute Gasteiger partial charge is 0.352 e. The van der Waals surface area contributed by atoms with Gasteiger partial charge in [0.2, 0.25) is 11.9 Å². The Balaban J connectivity index is 1.53. The summed E-state index contributed by atoms with van der Waals surface area (Å²) in [5.74, 6) is 1.72. The molecule has 3 heterocycles. The van der Waals surface area contributed by atoms with Gasteiger partial charge in [0.15, 0.2) is 0 Å². The van der Waals surface area contributed by atoms with Crippen molar-refractivity contribution in [1.29, 1.82) is 0 Å². The van der Waals surface area contributed by atoms with Crippen LogP contribution in [0.2, 0.25) is 0 Å². The predicted molar refractivity (Wildman–Crippen MR) is 97.4 cm³/mol. The van der Waals surface area contributed by atoms with Crippen LogP contribution >= 0.6 is 0 Å². The van der Waals surface area contributed by atoms with Gasteiger partial charge < -0.3 is 15.5 Å². The average Bonchev–Trinajstić information content (AvgIpc) is 3.30. The van der Waals surface area contributed by atoms with E-state index in [4.69, 9.17) is 4.98 Å². The lowest BCUT2D eigenvalue weighted by Crippen LogP contribution is -2.67. The molecule has 6 heteroatoms. The van der Waals surface area contributed by atoms with Gasteiger partial charge in [-0.05, 0) is 25.7 Å². The molecule has 132 valence electrons. The minimum absolute atomic E-state index is 0.0110. The van der Waals surface area contributed by atoms with Crippen molar-refractivity contribution in [2.45, 2.75) is 69.0 Å². The molecule has 5 rings (SSSR count). The molecule has 1 saturated heterocycles. The molecule has 0 aromatic carbocycles. The second-order valence-electron chi connectivity index (χ2n) is 7.92. The van der Waals surface area contributed by atoms with Crippen molar-refractivity contribution in [3.05, 3.63) is 17.8 Å². The standard InChI is InChI=1S/C19H25N5O/c25-17-15-8-7-13-11-20-18(22-14-5-1-2-6-14)23-16(13)24(15)19(12-21-17)9-3-4-10-19/h7-8,11,14-15H,1-6,9-10,12H2,(H,21,25)(H,20,22,23). The van der Waals surface area contributed by atoms with Crippen molar-refractivity contribution in [2.24, 2.45) is 0 Å². The smallest absolute Gasteiger partial charge is 0.246 e. The van der Waals surface area contributed by atoms with Gasteiger partial charge in [-0.2, -0.15) is 4.98 Å². The van der Waals surface area contributed by atoms with Crippen LogP contribution in [0.1, 0.15) is 56.9 Å². The molecular formula is C19H25N5O. The minimum Gasteiger partial charge on any atom is -0.352 e. The van der Waals surface area contributed by atoms with Gasteiger partial charge in [0, 0.05) is 24.3 Å². The van der Waals surface area contributed by atoms with Gasteiger partial charge >= 0.3 is 0 Å². The molecule has 1 aromatic rings. The average molecular weight is 339 g/mol. The lowest BCUT2D eigenvalue weighted by Gasteiger charge is -2.50. The Bertz CT molecular complexity index is 719. The van der Waals surface area contributed by atoms with E-state index in [2.05, 4.69) is 20.5 Å². The third-order valence-corrected chi connectivity index (χ3v) is 6.35. The number of amides is 1. The number of hydrogen-bond acceptors (Lipinski definition) is 5. The zero-order valence-corrected chi connectivity index (χ0v) is 14.5. The normalized spacial score (nSPS) is 27.3. The lowest BCUT2D eigenvalue weighted by molar-refractivity contribution is -0.123. The summed E-state index contributed by atoms with van der Waals surface area (Å²) in [6.07, 6.45) is 15.5. The highest BCUT2D eigenvalue weighted by Gasteiger charge is 2.49. The SMILES string of the molecule is O=C1NCC2(CCCC2)N2c3nc(NC4CCCC4)ncc3C=CC12. The number of carbonyl (C=O) groups is 1. The second-order valence-corrected chi connectivity index (χ2v) is 7.92. The van der Waals surface area contributed by atoms with Crippen molar-refractivity contribution >= 4 is 23.7 Å². The van der Waals surface area contributed by atoms with Gasteiger partial charge in [0.25, 0.3) is 0 Å². The van der Waals surface area contributed by atoms with Crippen LogP contribution in [-0.4, -0.2) is 40.0 Å². The molecule has 3 fully saturated rings. The van der Waals surface area contributed by atoms with E-state index in [-0.39, 0.29) is 17.5 Å². The van der Waals surface area contributed by atoms with E-state index in [0.717, 1.165) is 30.8 Å². The summed E-state index contributed by atoms with van der Waals surface area (Å²) in [7, 11) is 0. The van der Waals surface area contributed by atoms with Crippen LogP contribution in [0, 0.1) is 0 Å². The van der Waals surface area contributed by atoms with E-state index in [0.29, 0.717) is 12.0 Å². The Labute approximate surface area is 148 Å². The van der Waals surface area contributed by atoms with E-state index in [1.165, 1.54) is 38.5 Å². The van der Waals surface area contributed by atoms with Gasteiger partial charge in [-0.25, -0.2) is 4.98 Å². The monoisotopic (exact) mass is 339 g/mol. The maximum Gasteiger partial charge on any atom is 0.246 e. The van der Waals surface area contributed by atoms with Gasteiger partial charge in [0.05, 0.1) is 5.54 Å². The fourth-order valence-corrected chi connectivity index (χ4v) is 5.04. The van der Waals surface area contributed by atoms with E-state index in [1.807, 2.05) is 18.3 Å². The lowest BCUT2D eigenvalue weighted by atomic mass is 9.87. The number of hydrogen-bond donors (Lipinski definition) is 2. The summed E-state index contributed by atoms with van der Waals surface area (Å²) in [5.41, 5.74) is 1.03. The number of fused-ring (bicyclic) bond motifs is 4. The molecule has 6 nitrogen and oxygen atoms in total. The number of piperazine rings is 1. The maximum absolute atomic E-state index is 12.5. The first kappa shape index (κ1) is 15.2. The summed E-state index contributed by atoms with van der Waals surface area (Å²) in [5, 5.41) is 6.63. The summed E-state index contributed by atoms with van der Waals surface area (Å²) in [6.45, 7) is 0.727. The van der Waals surface area contributed by atoms with Crippen LogP contribution in [-0.2, 0) is 4.79 Å². The molecule has 4 aliphatic rings. The number of rotatable bonds is 2. The van der Waals surface area contributed by atoms with Crippen LogP contribution in [0.4, 0.5) is 11.8 Å². The van der Waals surface area contributed by atoms with Crippen LogP contribution in [0.15, 0.2) is 12.3 Å². The van der Waals surface area contributed by atoms with Crippen molar-refractivity contribution in [3.8, 4) is 0 Å². The number of nitrogens with zero attached hydrogens (tertiary/aromatic N) is 3. The summed E-state index contributed by atoms with van der Waals surface area (Å²) >= 11 is 0. The van der Waals surface area contributed by atoms with Crippen molar-refractivity contribution in [3.63, 3.8) is 0 Å². The molecule has 1 aromatic heterocycles. The third kappa shape index (κ3) is 2.41. The highest BCUT2D eigenvalue weighted by atomic mass is 16.2. The molecule has 2 aliphatic carbocycles. The zero-order valence-electron chi connectivity index (χ0n) is 14.5. The van der Waals surface area contributed by atoms with Crippen molar-refractivity contribution in [2.75, 3.05) is 16.8 Å². The molecule has 1 spiro atoms. The fourth-order valence-electron chi connectivity index (χ4n) is 5.04. The van der Waals surface area contributed by atoms with Gasteiger partial charge in [-0.15, -0.1) is 0 Å². The summed E-state index contributed by atoms with van der Waals surface area (Å²) in [4.78, 5) is 24.2. The van der Waals surface area contributed by atoms with Crippen LogP contribution in [0.5, 0.6) is 0 Å². The van der Waals surface area contributed by atoms with E-state index in [9.17, 15) is 4.79 Å². The van der Waals surface area contributed by atoms with Crippen LogP contribution in [0.3, 0.4) is 0 Å². The Morgan fingerprint density at radius 2 is 2.00 bits per heavy atom. The number of nitrogens with one attached hydrogen (secondary N) is 2. The Morgan fingerprint density at radius 3 is 2.80 bits per heavy atom.